The van der Waals surface area contributed by atoms with Gasteiger partial charge in [0, 0.05) is 23.9 Å². The van der Waals surface area contributed by atoms with E-state index >= 15 is 0 Å². The van der Waals surface area contributed by atoms with Crippen LogP contribution in [0.3, 0.4) is 0 Å². The van der Waals surface area contributed by atoms with E-state index in [1.54, 1.807) is 0 Å². The second kappa shape index (κ2) is 5.79. The molecule has 0 atom stereocenters. The van der Waals surface area contributed by atoms with Gasteiger partial charge in [0.2, 0.25) is 5.95 Å². The summed E-state index contributed by atoms with van der Waals surface area (Å²) in [4.78, 5) is 13.4. The minimum absolute atomic E-state index is 0.632. The van der Waals surface area contributed by atoms with Gasteiger partial charge in [-0.1, -0.05) is 6.42 Å². The van der Waals surface area contributed by atoms with E-state index in [9.17, 15) is 0 Å². The highest BCUT2D eigenvalue weighted by Crippen LogP contribution is 2.35. The molecule has 6 heteroatoms. The quantitative estimate of drug-likeness (QED) is 0.914. The highest BCUT2D eigenvalue weighted by Gasteiger charge is 2.21. The summed E-state index contributed by atoms with van der Waals surface area (Å²) in [5.41, 5.74) is 2.21. The molecule has 3 rings (SSSR count). The first-order chi connectivity index (χ1) is 10.1. The Balaban J connectivity index is 1.62. The molecule has 1 aliphatic carbocycles. The molecule has 1 saturated carbocycles. The molecule has 0 saturated heterocycles. The van der Waals surface area contributed by atoms with Crippen LogP contribution in [0.1, 0.15) is 48.2 Å². The first-order valence-electron chi connectivity index (χ1n) is 7.59. The summed E-state index contributed by atoms with van der Waals surface area (Å²) in [5, 5.41) is 7.65. The Morgan fingerprint density at radius 3 is 2.62 bits per heavy atom. The molecule has 0 aliphatic heterocycles. The number of nitrogens with one attached hydrogen (secondary N) is 1. The Kier molecular flexibility index (Phi) is 3.86. The monoisotopic (exact) mass is 286 g/mol. The average Bonchev–Trinajstić information content (AvgIpc) is 2.65. The third-order valence-electron chi connectivity index (χ3n) is 3.97. The highest BCUT2D eigenvalue weighted by molar-refractivity contribution is 5.29. The molecule has 2 heterocycles. The van der Waals surface area contributed by atoms with Gasteiger partial charge in [0.05, 0.1) is 6.54 Å². The van der Waals surface area contributed by atoms with Crippen molar-refractivity contribution >= 4 is 5.95 Å². The lowest BCUT2D eigenvalue weighted by molar-refractivity contribution is 0.410. The number of aromatic nitrogens is 5. The van der Waals surface area contributed by atoms with E-state index in [4.69, 9.17) is 0 Å². The fourth-order valence-electron chi connectivity index (χ4n) is 2.63. The smallest absolute Gasteiger partial charge is 0.223 e. The largest absolute Gasteiger partial charge is 0.352 e. The van der Waals surface area contributed by atoms with Crippen molar-refractivity contribution in [2.24, 2.45) is 0 Å². The molecule has 1 fully saturated rings. The van der Waals surface area contributed by atoms with Gasteiger partial charge in [-0.05, 0) is 39.7 Å². The fourth-order valence-corrected chi connectivity index (χ4v) is 2.63. The van der Waals surface area contributed by atoms with E-state index in [1.165, 1.54) is 25.0 Å². The molecule has 1 aliphatic rings. The van der Waals surface area contributed by atoms with Crippen molar-refractivity contribution in [3.05, 3.63) is 29.1 Å². The maximum absolute atomic E-state index is 4.65. The van der Waals surface area contributed by atoms with Gasteiger partial charge in [-0.3, -0.25) is 0 Å². The second-order valence-electron chi connectivity index (χ2n) is 5.74. The lowest BCUT2D eigenvalue weighted by Crippen LogP contribution is -2.17. The maximum atomic E-state index is 4.65. The van der Waals surface area contributed by atoms with Crippen molar-refractivity contribution in [2.75, 3.05) is 11.9 Å². The number of nitrogens with zero attached hydrogens (tertiary/aromatic N) is 5. The van der Waals surface area contributed by atoms with Gasteiger partial charge < -0.3 is 5.32 Å². The van der Waals surface area contributed by atoms with Crippen LogP contribution in [0.2, 0.25) is 0 Å². The van der Waals surface area contributed by atoms with Crippen molar-refractivity contribution in [3.8, 4) is 0 Å². The number of aryl methyl sites for hydroxylation is 3. The average molecular weight is 286 g/mol. The molecule has 0 amide bonds. The van der Waals surface area contributed by atoms with Crippen LogP contribution >= 0.6 is 0 Å². The molecule has 0 radical (unpaired) electrons. The zero-order valence-electron chi connectivity index (χ0n) is 12.9. The van der Waals surface area contributed by atoms with E-state index in [-0.39, 0.29) is 0 Å². The zero-order chi connectivity index (χ0) is 14.8. The maximum Gasteiger partial charge on any atom is 0.223 e. The van der Waals surface area contributed by atoms with Crippen molar-refractivity contribution in [2.45, 2.75) is 52.5 Å². The Labute approximate surface area is 125 Å². The third-order valence-corrected chi connectivity index (χ3v) is 3.97. The molecule has 0 aromatic carbocycles. The van der Waals surface area contributed by atoms with Crippen LogP contribution in [0, 0.1) is 20.8 Å². The molecule has 2 aromatic rings. The van der Waals surface area contributed by atoms with Gasteiger partial charge in [0.25, 0.3) is 0 Å². The minimum Gasteiger partial charge on any atom is -0.352 e. The van der Waals surface area contributed by atoms with Gasteiger partial charge >= 0.3 is 0 Å². The SMILES string of the molecule is Cc1cc(C2CCC2)nc(NCCn2nc(C)nc2C)n1. The van der Waals surface area contributed by atoms with Crippen molar-refractivity contribution in [1.82, 2.24) is 24.7 Å². The van der Waals surface area contributed by atoms with Crippen LogP contribution in [0.25, 0.3) is 0 Å². The van der Waals surface area contributed by atoms with E-state index in [0.717, 1.165) is 36.4 Å². The van der Waals surface area contributed by atoms with Gasteiger partial charge in [-0.25, -0.2) is 19.6 Å². The van der Waals surface area contributed by atoms with Crippen LogP contribution in [-0.2, 0) is 6.54 Å². The van der Waals surface area contributed by atoms with Crippen LogP contribution in [0.15, 0.2) is 6.07 Å². The standard InChI is InChI=1S/C15H22N6/c1-10-9-14(13-5-4-6-13)19-15(17-10)16-7-8-21-12(3)18-11(2)20-21/h9,13H,4-8H2,1-3H3,(H,16,17,19). The Hall–Kier alpha value is -1.98. The highest BCUT2D eigenvalue weighted by atomic mass is 15.3. The molecule has 0 spiro atoms. The van der Waals surface area contributed by atoms with Crippen molar-refractivity contribution in [1.29, 1.82) is 0 Å². The normalized spacial score (nSPS) is 15.0. The minimum atomic E-state index is 0.632. The second-order valence-corrected chi connectivity index (χ2v) is 5.74. The topological polar surface area (TPSA) is 68.5 Å². The van der Waals surface area contributed by atoms with Crippen LogP contribution in [0.5, 0.6) is 0 Å². The summed E-state index contributed by atoms with van der Waals surface area (Å²) in [6, 6.07) is 2.11. The predicted molar refractivity (Wildman–Crippen MR) is 81.3 cm³/mol. The number of hydrogen-bond acceptors (Lipinski definition) is 5. The molecule has 6 nitrogen and oxygen atoms in total. The third kappa shape index (κ3) is 3.20. The first-order valence-corrected chi connectivity index (χ1v) is 7.59. The van der Waals surface area contributed by atoms with E-state index in [1.807, 2.05) is 25.5 Å². The molecule has 0 bridgehead atoms. The molecular weight excluding hydrogens is 264 g/mol. The summed E-state index contributed by atoms with van der Waals surface area (Å²) in [7, 11) is 0. The van der Waals surface area contributed by atoms with Gasteiger partial charge in [-0.15, -0.1) is 0 Å². The number of rotatable bonds is 5. The lowest BCUT2D eigenvalue weighted by atomic mass is 9.83. The van der Waals surface area contributed by atoms with Gasteiger partial charge in [-0.2, -0.15) is 5.10 Å². The van der Waals surface area contributed by atoms with Crippen molar-refractivity contribution < 1.29 is 0 Å². The lowest BCUT2D eigenvalue weighted by Gasteiger charge is -2.25. The number of anilines is 1. The fraction of sp³-hybridized carbons (Fsp3) is 0.600. The summed E-state index contributed by atoms with van der Waals surface area (Å²) in [6.45, 7) is 7.42. The molecule has 0 unspecified atom stereocenters. The van der Waals surface area contributed by atoms with Gasteiger partial charge in [0.15, 0.2) is 0 Å². The van der Waals surface area contributed by atoms with Crippen LogP contribution in [0.4, 0.5) is 5.95 Å². The predicted octanol–water partition coefficient (Wildman–Crippen LogP) is 2.37. The van der Waals surface area contributed by atoms with Crippen molar-refractivity contribution in [3.63, 3.8) is 0 Å². The zero-order valence-corrected chi connectivity index (χ0v) is 12.9. The molecule has 1 N–H and O–H groups in total. The Bertz CT molecular complexity index is 629. The summed E-state index contributed by atoms with van der Waals surface area (Å²) in [6.07, 6.45) is 3.84. The summed E-state index contributed by atoms with van der Waals surface area (Å²) < 4.78 is 1.91. The Morgan fingerprint density at radius 1 is 1.19 bits per heavy atom. The van der Waals surface area contributed by atoms with Crippen LogP contribution < -0.4 is 5.32 Å². The molecular formula is C15H22N6. The van der Waals surface area contributed by atoms with E-state index < -0.39 is 0 Å². The first kappa shape index (κ1) is 14.0. The molecule has 112 valence electrons. The van der Waals surface area contributed by atoms with E-state index in [0.29, 0.717) is 5.92 Å². The summed E-state index contributed by atoms with van der Waals surface area (Å²) >= 11 is 0. The van der Waals surface area contributed by atoms with Gasteiger partial charge in [0.1, 0.15) is 11.6 Å². The number of hydrogen-bond donors (Lipinski definition) is 1. The van der Waals surface area contributed by atoms with Crippen LogP contribution in [-0.4, -0.2) is 31.3 Å². The Morgan fingerprint density at radius 2 is 2.00 bits per heavy atom. The van der Waals surface area contributed by atoms with E-state index in [2.05, 4.69) is 31.4 Å². The summed E-state index contributed by atoms with van der Waals surface area (Å²) in [5.74, 6) is 3.11. The molecule has 21 heavy (non-hydrogen) atoms. The molecule has 2 aromatic heterocycles.